The van der Waals surface area contributed by atoms with Crippen molar-refractivity contribution >= 4 is 44.6 Å². The summed E-state index contributed by atoms with van der Waals surface area (Å²) in [5, 5.41) is 0. The van der Waals surface area contributed by atoms with Crippen LogP contribution in [0.15, 0.2) is 40.6 Å². The number of sulfonamides is 1. The van der Waals surface area contributed by atoms with E-state index in [4.69, 9.17) is 11.6 Å². The van der Waals surface area contributed by atoms with E-state index in [1.165, 1.54) is 4.31 Å². The molecule has 0 N–H and O–H groups in total. The maximum absolute atomic E-state index is 12.8. The smallest absolute Gasteiger partial charge is 0.252 e. The molecule has 1 aliphatic heterocycles. The summed E-state index contributed by atoms with van der Waals surface area (Å²) < 4.78 is 27.6. The lowest BCUT2D eigenvalue weighted by Gasteiger charge is -2.34. The number of amides is 1. The minimum atomic E-state index is -3.52. The molecule has 28 heavy (non-hydrogen) atoms. The van der Waals surface area contributed by atoms with Gasteiger partial charge in [-0.3, -0.25) is 9.69 Å². The van der Waals surface area contributed by atoms with E-state index in [0.717, 1.165) is 22.6 Å². The number of thiophene rings is 1. The van der Waals surface area contributed by atoms with E-state index in [-0.39, 0.29) is 16.7 Å². The van der Waals surface area contributed by atoms with E-state index in [1.807, 2.05) is 43.0 Å². The number of benzene rings is 1. The zero-order valence-corrected chi connectivity index (χ0v) is 18.4. The average molecular weight is 442 g/mol. The van der Waals surface area contributed by atoms with Crippen LogP contribution in [0.4, 0.5) is 5.69 Å². The lowest BCUT2D eigenvalue weighted by molar-refractivity contribution is -0.120. The first-order valence-electron chi connectivity index (χ1n) is 9.16. The Morgan fingerprint density at radius 1 is 1.14 bits per heavy atom. The number of piperazine rings is 1. The van der Waals surface area contributed by atoms with Crippen LogP contribution in [0.1, 0.15) is 12.5 Å². The van der Waals surface area contributed by atoms with Gasteiger partial charge >= 0.3 is 0 Å². The number of carbonyl (C=O) groups excluding carboxylic acids is 1. The van der Waals surface area contributed by atoms with Gasteiger partial charge in [0.1, 0.15) is 4.21 Å². The van der Waals surface area contributed by atoms with Crippen LogP contribution in [0.3, 0.4) is 0 Å². The molecule has 0 spiro atoms. The van der Waals surface area contributed by atoms with Crippen molar-refractivity contribution in [2.24, 2.45) is 0 Å². The fourth-order valence-corrected chi connectivity index (χ4v) is 6.37. The third kappa shape index (κ3) is 4.58. The molecule has 0 aliphatic carbocycles. The zero-order chi connectivity index (χ0) is 20.3. The molecular weight excluding hydrogens is 418 g/mol. The number of halogens is 1. The quantitative estimate of drug-likeness (QED) is 0.691. The number of hydrogen-bond acceptors (Lipinski definition) is 5. The van der Waals surface area contributed by atoms with E-state index in [2.05, 4.69) is 0 Å². The molecule has 1 aliphatic rings. The zero-order valence-electron chi connectivity index (χ0n) is 16.0. The van der Waals surface area contributed by atoms with Gasteiger partial charge in [-0.1, -0.05) is 29.8 Å². The molecule has 1 amide bonds. The number of aryl methyl sites for hydroxylation is 1. The van der Waals surface area contributed by atoms with Crippen molar-refractivity contribution in [1.82, 2.24) is 9.21 Å². The number of para-hydroxylation sites is 1. The summed E-state index contributed by atoms with van der Waals surface area (Å²) in [4.78, 5) is 16.6. The lowest BCUT2D eigenvalue weighted by Crippen LogP contribution is -2.51. The van der Waals surface area contributed by atoms with E-state index in [1.54, 1.807) is 17.0 Å². The molecule has 6 nitrogen and oxygen atoms in total. The van der Waals surface area contributed by atoms with Crippen molar-refractivity contribution in [3.05, 3.63) is 46.3 Å². The van der Waals surface area contributed by atoms with Crippen molar-refractivity contribution in [2.45, 2.75) is 18.1 Å². The molecule has 1 aromatic heterocycles. The largest absolute Gasteiger partial charge is 0.311 e. The summed E-state index contributed by atoms with van der Waals surface area (Å²) in [6, 6.07) is 11.0. The number of carbonyl (C=O) groups is 1. The van der Waals surface area contributed by atoms with Gasteiger partial charge < -0.3 is 4.90 Å². The molecule has 0 atom stereocenters. The maximum Gasteiger partial charge on any atom is 0.252 e. The highest BCUT2D eigenvalue weighted by atomic mass is 35.5. The normalized spacial score (nSPS) is 16.2. The molecule has 1 aromatic carbocycles. The minimum absolute atomic E-state index is 0.0261. The van der Waals surface area contributed by atoms with E-state index in [0.29, 0.717) is 37.1 Å². The van der Waals surface area contributed by atoms with Crippen LogP contribution >= 0.6 is 22.9 Å². The SMILES string of the molecule is CCN(C(=O)CN1CCN(S(=O)(=O)c2ccc(Cl)s2)CC1)c1ccccc1C. The molecule has 0 bridgehead atoms. The summed E-state index contributed by atoms with van der Waals surface area (Å²) in [6.07, 6.45) is 0. The van der Waals surface area contributed by atoms with Gasteiger partial charge in [0, 0.05) is 38.4 Å². The van der Waals surface area contributed by atoms with Crippen LogP contribution < -0.4 is 4.90 Å². The molecule has 3 rings (SSSR count). The number of anilines is 1. The summed E-state index contributed by atoms with van der Waals surface area (Å²) in [6.45, 7) is 6.60. The summed E-state index contributed by atoms with van der Waals surface area (Å²) >= 11 is 6.94. The molecule has 0 radical (unpaired) electrons. The first-order chi connectivity index (χ1) is 13.3. The molecule has 0 saturated carbocycles. The third-order valence-corrected chi connectivity index (χ3v) is 8.45. The van der Waals surface area contributed by atoms with Gasteiger partial charge in [0.15, 0.2) is 0 Å². The van der Waals surface area contributed by atoms with Gasteiger partial charge in [-0.05, 0) is 37.6 Å². The highest BCUT2D eigenvalue weighted by Gasteiger charge is 2.30. The van der Waals surface area contributed by atoms with Gasteiger partial charge in [0.05, 0.1) is 10.9 Å². The van der Waals surface area contributed by atoms with Crippen molar-refractivity contribution in [3.63, 3.8) is 0 Å². The van der Waals surface area contributed by atoms with Crippen molar-refractivity contribution in [2.75, 3.05) is 44.2 Å². The lowest BCUT2D eigenvalue weighted by atomic mass is 10.1. The molecule has 152 valence electrons. The van der Waals surface area contributed by atoms with Crippen molar-refractivity contribution < 1.29 is 13.2 Å². The Balaban J connectivity index is 1.61. The number of likely N-dealkylation sites (N-methyl/N-ethyl adjacent to an activating group) is 1. The number of nitrogens with zero attached hydrogens (tertiary/aromatic N) is 3. The van der Waals surface area contributed by atoms with Crippen LogP contribution in [-0.4, -0.2) is 62.8 Å². The number of rotatable bonds is 6. The monoisotopic (exact) mass is 441 g/mol. The molecule has 2 heterocycles. The highest BCUT2D eigenvalue weighted by molar-refractivity contribution is 7.91. The Bertz CT molecular complexity index is 937. The standard InChI is InChI=1S/C19H24ClN3O3S2/c1-3-23(16-7-5-4-6-15(16)2)18(24)14-21-10-12-22(13-11-21)28(25,26)19-9-8-17(20)27-19/h4-9H,3,10-14H2,1-2H3. The molecule has 9 heteroatoms. The van der Waals surface area contributed by atoms with Gasteiger partial charge in [-0.25, -0.2) is 8.42 Å². The second-order valence-corrected chi connectivity index (χ2v) is 10.5. The Morgan fingerprint density at radius 3 is 2.39 bits per heavy atom. The predicted octanol–water partition coefficient (Wildman–Crippen LogP) is 3.07. The Labute approximate surface area is 175 Å². The first-order valence-corrected chi connectivity index (χ1v) is 11.8. The van der Waals surface area contributed by atoms with Crippen LogP contribution in [0.25, 0.3) is 0 Å². The second-order valence-electron chi connectivity index (χ2n) is 6.66. The first kappa shape index (κ1) is 21.3. The van der Waals surface area contributed by atoms with E-state index < -0.39 is 10.0 Å². The Kier molecular flexibility index (Phi) is 6.77. The van der Waals surface area contributed by atoms with Gasteiger partial charge in [0.2, 0.25) is 5.91 Å². The minimum Gasteiger partial charge on any atom is -0.311 e. The van der Waals surface area contributed by atoms with Gasteiger partial charge in [0.25, 0.3) is 10.0 Å². The predicted molar refractivity (Wildman–Crippen MR) is 114 cm³/mol. The van der Waals surface area contributed by atoms with Crippen molar-refractivity contribution in [1.29, 1.82) is 0 Å². The third-order valence-electron chi connectivity index (χ3n) is 4.86. The molecule has 1 saturated heterocycles. The topological polar surface area (TPSA) is 60.9 Å². The van der Waals surface area contributed by atoms with E-state index in [9.17, 15) is 13.2 Å². The summed E-state index contributed by atoms with van der Waals surface area (Å²) in [5.41, 5.74) is 1.98. The maximum atomic E-state index is 12.8. The van der Waals surface area contributed by atoms with E-state index >= 15 is 0 Å². The fraction of sp³-hybridized carbons (Fsp3) is 0.421. The fourth-order valence-electron chi connectivity index (χ4n) is 3.32. The summed E-state index contributed by atoms with van der Waals surface area (Å²) in [5.74, 6) is 0.0261. The second kappa shape index (κ2) is 8.92. The Hall–Kier alpha value is -1.45. The molecule has 1 fully saturated rings. The van der Waals surface area contributed by atoms with Gasteiger partial charge in [-0.15, -0.1) is 11.3 Å². The summed E-state index contributed by atoms with van der Waals surface area (Å²) in [7, 11) is -3.52. The van der Waals surface area contributed by atoms with Crippen LogP contribution in [-0.2, 0) is 14.8 Å². The number of hydrogen-bond donors (Lipinski definition) is 0. The van der Waals surface area contributed by atoms with Crippen LogP contribution in [0, 0.1) is 6.92 Å². The van der Waals surface area contributed by atoms with Crippen LogP contribution in [0.2, 0.25) is 4.34 Å². The Morgan fingerprint density at radius 2 is 1.82 bits per heavy atom. The molecule has 0 unspecified atom stereocenters. The van der Waals surface area contributed by atoms with Gasteiger partial charge in [-0.2, -0.15) is 4.31 Å². The molecule has 2 aromatic rings. The molecular formula is C19H24ClN3O3S2. The average Bonchev–Trinajstić information content (AvgIpc) is 3.11. The highest BCUT2D eigenvalue weighted by Crippen LogP contribution is 2.28. The van der Waals surface area contributed by atoms with Crippen LogP contribution in [0.5, 0.6) is 0 Å². The van der Waals surface area contributed by atoms with Crippen molar-refractivity contribution in [3.8, 4) is 0 Å².